The molecule has 1 atom stereocenters. The maximum atomic E-state index is 13.5. The molecule has 1 aliphatic rings. The second-order valence-electron chi connectivity index (χ2n) is 8.54. The first-order chi connectivity index (χ1) is 17.5. The van der Waals surface area contributed by atoms with Crippen molar-refractivity contribution in [3.8, 4) is 5.75 Å². The first-order valence-corrected chi connectivity index (χ1v) is 11.5. The van der Waals surface area contributed by atoms with E-state index >= 15 is 0 Å². The maximum absolute atomic E-state index is 13.5. The Balaban J connectivity index is 1.52. The number of furan rings is 1. The van der Waals surface area contributed by atoms with Crippen LogP contribution < -0.4 is 4.74 Å². The van der Waals surface area contributed by atoms with Gasteiger partial charge in [0.2, 0.25) is 5.78 Å². The average Bonchev–Trinajstić information content (AvgIpc) is 3.45. The molecule has 36 heavy (non-hydrogen) atoms. The van der Waals surface area contributed by atoms with Crippen molar-refractivity contribution in [2.75, 3.05) is 0 Å². The van der Waals surface area contributed by atoms with Crippen LogP contribution in [0.3, 0.4) is 0 Å². The van der Waals surface area contributed by atoms with Gasteiger partial charge in [0.25, 0.3) is 5.91 Å². The van der Waals surface area contributed by atoms with Crippen LogP contribution in [0.4, 0.5) is 0 Å². The zero-order valence-electron chi connectivity index (χ0n) is 19.6. The summed E-state index contributed by atoms with van der Waals surface area (Å²) in [6.45, 7) is 2.28. The maximum Gasteiger partial charge on any atom is 0.290 e. The second kappa shape index (κ2) is 9.92. The molecule has 0 bridgehead atoms. The Bertz CT molecular complexity index is 1430. The number of pyridine rings is 1. The summed E-state index contributed by atoms with van der Waals surface area (Å²) in [4.78, 5) is 32.2. The number of carbonyl (C=O) groups excluding carboxylic acids is 2. The Hall–Kier alpha value is -4.65. The van der Waals surface area contributed by atoms with E-state index in [1.807, 2.05) is 42.5 Å². The van der Waals surface area contributed by atoms with Crippen molar-refractivity contribution in [3.05, 3.63) is 131 Å². The van der Waals surface area contributed by atoms with Gasteiger partial charge in [-0.3, -0.25) is 14.6 Å². The summed E-state index contributed by atoms with van der Waals surface area (Å²) in [5, 5.41) is 10.9. The van der Waals surface area contributed by atoms with Gasteiger partial charge in [-0.2, -0.15) is 0 Å². The number of benzene rings is 2. The number of ketones is 1. The first-order valence-electron chi connectivity index (χ1n) is 11.5. The molecule has 4 aromatic rings. The summed E-state index contributed by atoms with van der Waals surface area (Å²) in [6.07, 6.45) is 3.27. The van der Waals surface area contributed by atoms with Crippen molar-refractivity contribution < 1.29 is 23.8 Å². The Kier molecular flexibility index (Phi) is 6.36. The number of aliphatic hydroxyl groups excluding tert-OH is 1. The van der Waals surface area contributed by atoms with Crippen LogP contribution in [0.25, 0.3) is 0 Å². The molecule has 0 aliphatic carbocycles. The third-order valence-electron chi connectivity index (χ3n) is 6.04. The number of Topliss-reactive ketones (excluding diaryl/α,β-unsaturated/α-hetero) is 1. The van der Waals surface area contributed by atoms with Gasteiger partial charge in [0.1, 0.15) is 18.1 Å². The smallest absolute Gasteiger partial charge is 0.290 e. The van der Waals surface area contributed by atoms with E-state index < -0.39 is 23.5 Å². The third kappa shape index (κ3) is 4.63. The molecule has 0 radical (unpaired) electrons. The molecule has 1 N–H and O–H groups in total. The van der Waals surface area contributed by atoms with E-state index in [4.69, 9.17) is 9.15 Å². The van der Waals surface area contributed by atoms with Crippen molar-refractivity contribution in [1.82, 2.24) is 9.88 Å². The molecule has 0 saturated carbocycles. The van der Waals surface area contributed by atoms with E-state index in [0.717, 1.165) is 11.1 Å². The number of ether oxygens (including phenoxy) is 1. The molecular formula is C29H24N2O5. The monoisotopic (exact) mass is 480 g/mol. The number of aryl methyl sites for hydroxylation is 1. The van der Waals surface area contributed by atoms with E-state index in [1.165, 1.54) is 4.90 Å². The summed E-state index contributed by atoms with van der Waals surface area (Å²) in [5.41, 5.74) is 2.44. The molecule has 7 heteroatoms. The fourth-order valence-electron chi connectivity index (χ4n) is 4.28. The molecule has 1 aliphatic heterocycles. The van der Waals surface area contributed by atoms with Gasteiger partial charge in [-0.25, -0.2) is 0 Å². The Morgan fingerprint density at radius 2 is 1.78 bits per heavy atom. The first kappa shape index (κ1) is 23.1. The number of hydrogen-bond donors (Lipinski definition) is 1. The molecule has 2 aromatic heterocycles. The number of aromatic nitrogens is 1. The van der Waals surface area contributed by atoms with Crippen LogP contribution in [-0.2, 0) is 17.9 Å². The average molecular weight is 481 g/mol. The van der Waals surface area contributed by atoms with Crippen LogP contribution in [-0.4, -0.2) is 26.7 Å². The fraction of sp³-hybridized carbons (Fsp3) is 0.138. The largest absolute Gasteiger partial charge is 0.503 e. The van der Waals surface area contributed by atoms with Gasteiger partial charge < -0.3 is 19.2 Å². The van der Waals surface area contributed by atoms with E-state index in [0.29, 0.717) is 23.7 Å². The van der Waals surface area contributed by atoms with Crippen LogP contribution in [0.2, 0.25) is 0 Å². The lowest BCUT2D eigenvalue weighted by Crippen LogP contribution is -2.30. The van der Waals surface area contributed by atoms with Crippen molar-refractivity contribution >= 4 is 11.7 Å². The van der Waals surface area contributed by atoms with Gasteiger partial charge in [-0.15, -0.1) is 0 Å². The van der Waals surface area contributed by atoms with Gasteiger partial charge in [0.15, 0.2) is 11.5 Å². The van der Waals surface area contributed by atoms with E-state index in [9.17, 15) is 14.7 Å². The van der Waals surface area contributed by atoms with Gasteiger partial charge in [-0.1, -0.05) is 42.5 Å². The normalized spacial score (nSPS) is 15.4. The minimum Gasteiger partial charge on any atom is -0.503 e. The van der Waals surface area contributed by atoms with E-state index in [2.05, 4.69) is 4.98 Å². The highest BCUT2D eigenvalue weighted by atomic mass is 16.5. The Morgan fingerprint density at radius 1 is 1.00 bits per heavy atom. The van der Waals surface area contributed by atoms with Crippen LogP contribution in [0.15, 0.2) is 107 Å². The quantitative estimate of drug-likeness (QED) is 0.342. The standard InChI is InChI=1S/C29H24N2O5/c1-19-10-11-24(36-19)27(32)25-26(31(29(34)28(25)33)17-20-12-14-30-15-13-20)22-8-5-9-23(16-22)35-18-21-6-3-2-4-7-21/h2-16,26,33H,17-18H2,1H3/t26-/m1/s1. The SMILES string of the molecule is Cc1ccc(C(=O)C2=C(O)C(=O)N(Cc3ccncc3)[C@@H]2c2cccc(OCc3ccccc3)c2)o1. The second-order valence-corrected chi connectivity index (χ2v) is 8.54. The summed E-state index contributed by atoms with van der Waals surface area (Å²) in [5.74, 6) is -0.535. The lowest BCUT2D eigenvalue weighted by Gasteiger charge is -2.27. The summed E-state index contributed by atoms with van der Waals surface area (Å²) in [7, 11) is 0. The van der Waals surface area contributed by atoms with E-state index in [-0.39, 0.29) is 17.9 Å². The molecule has 3 heterocycles. The minimum absolute atomic E-state index is 0.0244. The topological polar surface area (TPSA) is 92.9 Å². The predicted octanol–water partition coefficient (Wildman–Crippen LogP) is 5.34. The predicted molar refractivity (Wildman–Crippen MR) is 132 cm³/mol. The zero-order valence-corrected chi connectivity index (χ0v) is 19.6. The Labute approximate surface area is 208 Å². The fourth-order valence-corrected chi connectivity index (χ4v) is 4.28. The molecule has 0 unspecified atom stereocenters. The zero-order chi connectivity index (χ0) is 25.1. The molecule has 0 fully saturated rings. The molecule has 0 saturated heterocycles. The highest BCUT2D eigenvalue weighted by molar-refractivity contribution is 6.15. The van der Waals surface area contributed by atoms with Gasteiger partial charge in [0, 0.05) is 18.9 Å². The highest BCUT2D eigenvalue weighted by Crippen LogP contribution is 2.41. The molecule has 7 nitrogen and oxygen atoms in total. The van der Waals surface area contributed by atoms with Crippen LogP contribution in [0, 0.1) is 6.92 Å². The summed E-state index contributed by atoms with van der Waals surface area (Å²) < 4.78 is 11.5. The minimum atomic E-state index is -0.830. The van der Waals surface area contributed by atoms with Crippen molar-refractivity contribution in [3.63, 3.8) is 0 Å². The summed E-state index contributed by atoms with van der Waals surface area (Å²) in [6, 6.07) is 23.0. The Morgan fingerprint density at radius 3 is 2.50 bits per heavy atom. The van der Waals surface area contributed by atoms with Gasteiger partial charge >= 0.3 is 0 Å². The van der Waals surface area contributed by atoms with Crippen molar-refractivity contribution in [1.29, 1.82) is 0 Å². The number of carbonyl (C=O) groups is 2. The van der Waals surface area contributed by atoms with E-state index in [1.54, 1.807) is 55.7 Å². The number of amides is 1. The molecule has 2 aromatic carbocycles. The molecular weight excluding hydrogens is 456 g/mol. The van der Waals surface area contributed by atoms with Crippen LogP contribution in [0.1, 0.15) is 39.0 Å². The third-order valence-corrected chi connectivity index (χ3v) is 6.04. The molecule has 180 valence electrons. The molecule has 0 spiro atoms. The molecule has 5 rings (SSSR count). The lowest BCUT2D eigenvalue weighted by atomic mass is 9.94. The number of rotatable bonds is 8. The highest BCUT2D eigenvalue weighted by Gasteiger charge is 2.44. The van der Waals surface area contributed by atoms with Gasteiger partial charge in [-0.05, 0) is 60.0 Å². The number of hydrogen-bond acceptors (Lipinski definition) is 6. The van der Waals surface area contributed by atoms with Crippen LogP contribution >= 0.6 is 0 Å². The number of aliphatic hydroxyl groups is 1. The number of nitrogens with zero attached hydrogens (tertiary/aromatic N) is 2. The lowest BCUT2D eigenvalue weighted by molar-refractivity contribution is -0.130. The van der Waals surface area contributed by atoms with Crippen molar-refractivity contribution in [2.24, 2.45) is 0 Å². The van der Waals surface area contributed by atoms with Gasteiger partial charge in [0.05, 0.1) is 11.6 Å². The van der Waals surface area contributed by atoms with Crippen LogP contribution in [0.5, 0.6) is 5.75 Å². The van der Waals surface area contributed by atoms with Crippen molar-refractivity contribution in [2.45, 2.75) is 26.1 Å². The molecule has 1 amide bonds. The summed E-state index contributed by atoms with van der Waals surface area (Å²) >= 11 is 0.